The molecule has 1 aliphatic heterocycles. The van der Waals surface area contributed by atoms with E-state index in [1.807, 2.05) is 11.8 Å². The maximum absolute atomic E-state index is 11.2. The molecule has 4 nitrogen and oxygen atoms in total. The molecular formula is C12H16N2O2S. The summed E-state index contributed by atoms with van der Waals surface area (Å²) in [4.78, 5) is 17.3. The number of thioether (sulfide) groups is 1. The molecule has 0 amide bonds. The Morgan fingerprint density at radius 3 is 3.00 bits per heavy atom. The second kappa shape index (κ2) is 4.56. The van der Waals surface area contributed by atoms with E-state index in [2.05, 4.69) is 23.7 Å². The minimum atomic E-state index is -0.890. The SMILES string of the molecule is CC1(C)CN(c2cnccc2C(=O)O)CCS1. The summed E-state index contributed by atoms with van der Waals surface area (Å²) in [5.74, 6) is 0.124. The molecule has 17 heavy (non-hydrogen) atoms. The Hall–Kier alpha value is -1.23. The Bertz CT molecular complexity index is 434. The molecule has 1 saturated heterocycles. The molecular weight excluding hydrogens is 236 g/mol. The molecule has 1 aromatic rings. The number of pyridine rings is 1. The van der Waals surface area contributed by atoms with E-state index in [9.17, 15) is 4.79 Å². The zero-order valence-electron chi connectivity index (χ0n) is 10.0. The number of rotatable bonds is 2. The molecule has 0 unspecified atom stereocenters. The van der Waals surface area contributed by atoms with E-state index < -0.39 is 5.97 Å². The zero-order chi connectivity index (χ0) is 12.5. The van der Waals surface area contributed by atoms with Gasteiger partial charge in [0, 0.05) is 29.8 Å². The number of carbonyl (C=O) groups is 1. The lowest BCUT2D eigenvalue weighted by atomic mass is 10.1. The van der Waals surface area contributed by atoms with Crippen molar-refractivity contribution in [2.45, 2.75) is 18.6 Å². The lowest BCUT2D eigenvalue weighted by Gasteiger charge is -2.39. The number of aromatic carboxylic acids is 1. The Morgan fingerprint density at radius 2 is 2.35 bits per heavy atom. The molecule has 1 fully saturated rings. The van der Waals surface area contributed by atoms with Crippen LogP contribution >= 0.6 is 11.8 Å². The van der Waals surface area contributed by atoms with Gasteiger partial charge in [-0.1, -0.05) is 0 Å². The van der Waals surface area contributed by atoms with Crippen LogP contribution < -0.4 is 4.90 Å². The van der Waals surface area contributed by atoms with Crippen molar-refractivity contribution in [3.8, 4) is 0 Å². The maximum Gasteiger partial charge on any atom is 0.337 e. The van der Waals surface area contributed by atoms with Gasteiger partial charge in [-0.3, -0.25) is 4.98 Å². The van der Waals surface area contributed by atoms with Gasteiger partial charge in [0.2, 0.25) is 0 Å². The maximum atomic E-state index is 11.2. The summed E-state index contributed by atoms with van der Waals surface area (Å²) in [6.45, 7) is 6.09. The summed E-state index contributed by atoms with van der Waals surface area (Å²) in [5.41, 5.74) is 1.07. The van der Waals surface area contributed by atoms with Gasteiger partial charge >= 0.3 is 5.97 Å². The molecule has 0 aromatic carbocycles. The predicted molar refractivity (Wildman–Crippen MR) is 69.9 cm³/mol. The van der Waals surface area contributed by atoms with Crippen LogP contribution in [0.2, 0.25) is 0 Å². The fraction of sp³-hybridized carbons (Fsp3) is 0.500. The molecule has 1 aromatic heterocycles. The lowest BCUT2D eigenvalue weighted by Crippen LogP contribution is -2.43. The van der Waals surface area contributed by atoms with E-state index >= 15 is 0 Å². The number of nitrogens with zero attached hydrogens (tertiary/aromatic N) is 2. The summed E-state index contributed by atoms with van der Waals surface area (Å²) in [5, 5.41) is 9.17. The van der Waals surface area contributed by atoms with Crippen LogP contribution in [0.25, 0.3) is 0 Å². The molecule has 0 spiro atoms. The first-order valence-electron chi connectivity index (χ1n) is 5.56. The van der Waals surface area contributed by atoms with Crippen molar-refractivity contribution >= 4 is 23.4 Å². The van der Waals surface area contributed by atoms with Crippen LogP contribution in [0.15, 0.2) is 18.5 Å². The van der Waals surface area contributed by atoms with E-state index in [1.54, 1.807) is 12.3 Å². The van der Waals surface area contributed by atoms with Gasteiger partial charge < -0.3 is 10.0 Å². The number of hydrogen-bond donors (Lipinski definition) is 1. The molecule has 0 saturated carbocycles. The minimum absolute atomic E-state index is 0.157. The number of hydrogen-bond acceptors (Lipinski definition) is 4. The molecule has 92 valence electrons. The first kappa shape index (κ1) is 12.2. The monoisotopic (exact) mass is 252 g/mol. The quantitative estimate of drug-likeness (QED) is 0.873. The van der Waals surface area contributed by atoms with E-state index in [-0.39, 0.29) is 4.75 Å². The van der Waals surface area contributed by atoms with Crippen molar-refractivity contribution in [3.05, 3.63) is 24.0 Å². The Kier molecular flexibility index (Phi) is 3.28. The molecule has 2 rings (SSSR count). The molecule has 1 aliphatic rings. The minimum Gasteiger partial charge on any atom is -0.478 e. The number of anilines is 1. The van der Waals surface area contributed by atoms with Gasteiger partial charge in [-0.2, -0.15) is 11.8 Å². The van der Waals surface area contributed by atoms with Gasteiger partial charge in [0.05, 0.1) is 17.4 Å². The highest BCUT2D eigenvalue weighted by atomic mass is 32.2. The molecule has 2 heterocycles. The molecule has 5 heteroatoms. The van der Waals surface area contributed by atoms with Crippen LogP contribution in [-0.4, -0.2) is 39.6 Å². The summed E-state index contributed by atoms with van der Waals surface area (Å²) in [6.07, 6.45) is 3.17. The van der Waals surface area contributed by atoms with Gasteiger partial charge in [0.25, 0.3) is 0 Å². The van der Waals surface area contributed by atoms with E-state index in [4.69, 9.17) is 5.11 Å². The van der Waals surface area contributed by atoms with Gasteiger partial charge in [-0.15, -0.1) is 0 Å². The fourth-order valence-corrected chi connectivity index (χ4v) is 3.15. The highest BCUT2D eigenvalue weighted by Gasteiger charge is 2.29. The van der Waals surface area contributed by atoms with Crippen LogP contribution in [0.4, 0.5) is 5.69 Å². The van der Waals surface area contributed by atoms with Crippen LogP contribution in [0.1, 0.15) is 24.2 Å². The first-order valence-corrected chi connectivity index (χ1v) is 6.54. The average Bonchev–Trinajstić information content (AvgIpc) is 2.27. The van der Waals surface area contributed by atoms with Gasteiger partial charge in [-0.05, 0) is 19.9 Å². The molecule has 0 bridgehead atoms. The first-order chi connectivity index (χ1) is 7.99. The van der Waals surface area contributed by atoms with Crippen LogP contribution in [0.3, 0.4) is 0 Å². The summed E-state index contributed by atoms with van der Waals surface area (Å²) >= 11 is 1.92. The van der Waals surface area contributed by atoms with E-state index in [1.165, 1.54) is 6.20 Å². The number of carboxylic acid groups (broad SMARTS) is 1. The highest BCUT2D eigenvalue weighted by molar-refractivity contribution is 8.00. The van der Waals surface area contributed by atoms with Crippen LogP contribution in [-0.2, 0) is 0 Å². The van der Waals surface area contributed by atoms with Gasteiger partial charge in [-0.25, -0.2) is 4.79 Å². The largest absolute Gasteiger partial charge is 0.478 e. The Balaban J connectivity index is 2.30. The summed E-state index contributed by atoms with van der Waals surface area (Å²) < 4.78 is 0.157. The topological polar surface area (TPSA) is 53.4 Å². The van der Waals surface area contributed by atoms with Crippen molar-refractivity contribution in [2.24, 2.45) is 0 Å². The van der Waals surface area contributed by atoms with Crippen molar-refractivity contribution in [2.75, 3.05) is 23.7 Å². The molecule has 0 radical (unpaired) electrons. The highest BCUT2D eigenvalue weighted by Crippen LogP contribution is 2.33. The standard InChI is InChI=1S/C12H16N2O2S/c1-12(2)8-14(5-6-17-12)10-7-13-4-3-9(10)11(15)16/h3-4,7H,5-6,8H2,1-2H3,(H,15,16). The predicted octanol–water partition coefficient (Wildman–Crippen LogP) is 2.11. The second-order valence-electron chi connectivity index (χ2n) is 4.73. The van der Waals surface area contributed by atoms with Crippen LogP contribution in [0.5, 0.6) is 0 Å². The lowest BCUT2D eigenvalue weighted by molar-refractivity contribution is 0.0697. The summed E-state index contributed by atoms with van der Waals surface area (Å²) in [6, 6.07) is 1.56. The third-order valence-corrected chi connectivity index (χ3v) is 4.09. The zero-order valence-corrected chi connectivity index (χ0v) is 10.8. The average molecular weight is 252 g/mol. The molecule has 1 N–H and O–H groups in total. The van der Waals surface area contributed by atoms with Crippen molar-refractivity contribution in [3.63, 3.8) is 0 Å². The van der Waals surface area contributed by atoms with Crippen molar-refractivity contribution < 1.29 is 9.90 Å². The van der Waals surface area contributed by atoms with E-state index in [0.29, 0.717) is 5.56 Å². The normalized spacial score (nSPS) is 19.1. The van der Waals surface area contributed by atoms with Crippen molar-refractivity contribution in [1.82, 2.24) is 4.98 Å². The Labute approximate surface area is 105 Å². The fourth-order valence-electron chi connectivity index (χ4n) is 2.04. The van der Waals surface area contributed by atoms with Gasteiger partial charge in [0.15, 0.2) is 0 Å². The third kappa shape index (κ3) is 2.72. The molecule has 0 atom stereocenters. The Morgan fingerprint density at radius 1 is 1.59 bits per heavy atom. The van der Waals surface area contributed by atoms with Crippen molar-refractivity contribution in [1.29, 1.82) is 0 Å². The smallest absolute Gasteiger partial charge is 0.337 e. The number of carboxylic acids is 1. The summed E-state index contributed by atoms with van der Waals surface area (Å²) in [7, 11) is 0. The third-order valence-electron chi connectivity index (χ3n) is 2.80. The van der Waals surface area contributed by atoms with Crippen LogP contribution in [0, 0.1) is 0 Å². The molecule has 0 aliphatic carbocycles. The van der Waals surface area contributed by atoms with Gasteiger partial charge in [0.1, 0.15) is 0 Å². The number of aromatic nitrogens is 1. The van der Waals surface area contributed by atoms with E-state index in [0.717, 1.165) is 24.5 Å². The second-order valence-corrected chi connectivity index (χ2v) is 6.53.